The van der Waals surface area contributed by atoms with Crippen molar-refractivity contribution < 1.29 is 0 Å². The molecule has 0 amide bonds. The summed E-state index contributed by atoms with van der Waals surface area (Å²) in [5.41, 5.74) is 9.55. The molecular weight excluding hydrogens is 224 g/mol. The molecule has 1 aromatic carbocycles. The first-order chi connectivity index (χ1) is 8.86. The Morgan fingerprint density at radius 3 is 2.56 bits per heavy atom. The maximum atomic E-state index is 5.98. The van der Waals surface area contributed by atoms with Crippen LogP contribution in [0.3, 0.4) is 0 Å². The van der Waals surface area contributed by atoms with E-state index in [-0.39, 0.29) is 0 Å². The third-order valence-corrected chi connectivity index (χ3v) is 2.80. The monoisotopic (exact) mass is 236 g/mol. The van der Waals surface area contributed by atoms with Crippen molar-refractivity contribution in [1.82, 2.24) is 14.5 Å². The summed E-state index contributed by atoms with van der Waals surface area (Å²) in [6.45, 7) is 0. The van der Waals surface area contributed by atoms with Crippen molar-refractivity contribution in [2.24, 2.45) is 0 Å². The molecule has 4 nitrogen and oxygen atoms in total. The molecule has 0 saturated carbocycles. The molecule has 0 aliphatic carbocycles. The van der Waals surface area contributed by atoms with Crippen LogP contribution in [-0.2, 0) is 0 Å². The maximum Gasteiger partial charge on any atom is 0.0997 e. The lowest BCUT2D eigenvalue weighted by atomic mass is 10.2. The molecule has 0 spiro atoms. The minimum atomic E-state index is 0.697. The fourth-order valence-electron chi connectivity index (χ4n) is 1.91. The Kier molecular flexibility index (Phi) is 2.53. The van der Waals surface area contributed by atoms with Crippen LogP contribution in [0.25, 0.3) is 16.9 Å². The lowest BCUT2D eigenvalue weighted by molar-refractivity contribution is 1.06. The molecule has 3 aromatic rings. The van der Waals surface area contributed by atoms with Crippen LogP contribution in [0.5, 0.6) is 0 Å². The Morgan fingerprint density at radius 2 is 1.78 bits per heavy atom. The third-order valence-electron chi connectivity index (χ3n) is 2.80. The Hall–Kier alpha value is -2.62. The molecule has 2 heterocycles. The number of aromatic nitrogens is 3. The number of anilines is 1. The highest BCUT2D eigenvalue weighted by Crippen LogP contribution is 2.26. The summed E-state index contributed by atoms with van der Waals surface area (Å²) in [5, 5.41) is 0. The minimum absolute atomic E-state index is 0.697. The number of nitrogen functional groups attached to an aromatic ring is 1. The van der Waals surface area contributed by atoms with Gasteiger partial charge >= 0.3 is 0 Å². The molecule has 3 rings (SSSR count). The van der Waals surface area contributed by atoms with Gasteiger partial charge in [-0.3, -0.25) is 9.55 Å². The molecule has 0 aliphatic heterocycles. The summed E-state index contributed by atoms with van der Waals surface area (Å²) in [4.78, 5) is 8.31. The fraction of sp³-hybridized carbons (Fsp3) is 0. The molecule has 0 unspecified atom stereocenters. The van der Waals surface area contributed by atoms with Crippen LogP contribution in [0.2, 0.25) is 0 Å². The highest BCUT2D eigenvalue weighted by atomic mass is 15.1. The fourth-order valence-corrected chi connectivity index (χ4v) is 1.91. The molecular formula is C14H12N4. The molecule has 0 bridgehead atoms. The molecule has 2 N–H and O–H groups in total. The molecule has 4 heteroatoms. The van der Waals surface area contributed by atoms with Crippen molar-refractivity contribution in [1.29, 1.82) is 0 Å². The number of nitrogens with two attached hydrogens (primary N) is 1. The average Bonchev–Trinajstić information content (AvgIpc) is 2.89. The van der Waals surface area contributed by atoms with Crippen LogP contribution >= 0.6 is 0 Å². The van der Waals surface area contributed by atoms with Gasteiger partial charge in [-0.05, 0) is 18.2 Å². The summed E-state index contributed by atoms with van der Waals surface area (Å²) in [7, 11) is 0. The quantitative estimate of drug-likeness (QED) is 0.743. The first-order valence-electron chi connectivity index (χ1n) is 5.64. The molecule has 18 heavy (non-hydrogen) atoms. The van der Waals surface area contributed by atoms with Gasteiger partial charge in [0, 0.05) is 29.3 Å². The molecule has 0 atom stereocenters. The smallest absolute Gasteiger partial charge is 0.0997 e. The van der Waals surface area contributed by atoms with Crippen LogP contribution in [0, 0.1) is 0 Å². The predicted octanol–water partition coefficient (Wildman–Crippen LogP) is 2.52. The Bertz CT molecular complexity index is 658. The van der Waals surface area contributed by atoms with E-state index in [1.165, 1.54) is 0 Å². The minimum Gasteiger partial charge on any atom is -0.398 e. The van der Waals surface area contributed by atoms with Crippen LogP contribution < -0.4 is 5.73 Å². The SMILES string of the molecule is Nc1ccncc1-c1cncn1-c1ccccc1. The number of imidazole rings is 1. The number of para-hydroxylation sites is 1. The van der Waals surface area contributed by atoms with Crippen LogP contribution in [0.1, 0.15) is 0 Å². The lowest BCUT2D eigenvalue weighted by Gasteiger charge is -2.09. The van der Waals surface area contributed by atoms with Crippen LogP contribution in [-0.4, -0.2) is 14.5 Å². The van der Waals surface area contributed by atoms with E-state index in [1.54, 1.807) is 31.0 Å². The largest absolute Gasteiger partial charge is 0.398 e. The Labute approximate surface area is 105 Å². The summed E-state index contributed by atoms with van der Waals surface area (Å²) in [5.74, 6) is 0. The molecule has 0 radical (unpaired) electrons. The maximum absolute atomic E-state index is 5.98. The molecule has 0 aliphatic rings. The first kappa shape index (κ1) is 10.5. The predicted molar refractivity (Wildman–Crippen MR) is 71.2 cm³/mol. The number of hydrogen-bond acceptors (Lipinski definition) is 3. The highest BCUT2D eigenvalue weighted by molar-refractivity contribution is 5.73. The number of benzene rings is 1. The van der Waals surface area contributed by atoms with Gasteiger partial charge in [0.2, 0.25) is 0 Å². The number of rotatable bonds is 2. The van der Waals surface area contributed by atoms with Gasteiger partial charge < -0.3 is 5.73 Å². The lowest BCUT2D eigenvalue weighted by Crippen LogP contribution is -1.98. The van der Waals surface area contributed by atoms with Gasteiger partial charge in [0.15, 0.2) is 0 Å². The summed E-state index contributed by atoms with van der Waals surface area (Å²) in [6.07, 6.45) is 7.01. The summed E-state index contributed by atoms with van der Waals surface area (Å²) >= 11 is 0. The van der Waals surface area contributed by atoms with Gasteiger partial charge in [-0.2, -0.15) is 0 Å². The number of pyridine rings is 1. The van der Waals surface area contributed by atoms with Crippen molar-refractivity contribution in [2.45, 2.75) is 0 Å². The Balaban J connectivity index is 2.16. The number of nitrogens with zero attached hydrogens (tertiary/aromatic N) is 3. The Morgan fingerprint density at radius 1 is 0.944 bits per heavy atom. The van der Waals surface area contributed by atoms with Crippen molar-refractivity contribution in [3.63, 3.8) is 0 Å². The van der Waals surface area contributed by atoms with E-state index in [0.717, 1.165) is 16.9 Å². The first-order valence-corrected chi connectivity index (χ1v) is 5.64. The van der Waals surface area contributed by atoms with Crippen molar-refractivity contribution in [2.75, 3.05) is 5.73 Å². The van der Waals surface area contributed by atoms with E-state index in [9.17, 15) is 0 Å². The average molecular weight is 236 g/mol. The molecule has 88 valence electrons. The van der Waals surface area contributed by atoms with E-state index < -0.39 is 0 Å². The van der Waals surface area contributed by atoms with Gasteiger partial charge in [0.25, 0.3) is 0 Å². The zero-order valence-electron chi connectivity index (χ0n) is 9.69. The summed E-state index contributed by atoms with van der Waals surface area (Å²) < 4.78 is 1.99. The highest BCUT2D eigenvalue weighted by Gasteiger charge is 2.09. The summed E-state index contributed by atoms with van der Waals surface area (Å²) in [6, 6.07) is 11.8. The van der Waals surface area contributed by atoms with Gasteiger partial charge in [-0.25, -0.2) is 4.98 Å². The molecule has 0 fully saturated rings. The number of hydrogen-bond donors (Lipinski definition) is 1. The van der Waals surface area contributed by atoms with E-state index in [1.807, 2.05) is 34.9 Å². The van der Waals surface area contributed by atoms with E-state index in [0.29, 0.717) is 5.69 Å². The molecule has 0 saturated heterocycles. The van der Waals surface area contributed by atoms with Gasteiger partial charge in [0.1, 0.15) is 0 Å². The van der Waals surface area contributed by atoms with Crippen LogP contribution in [0.15, 0.2) is 61.3 Å². The van der Waals surface area contributed by atoms with E-state index in [4.69, 9.17) is 5.73 Å². The second kappa shape index (κ2) is 4.33. The van der Waals surface area contributed by atoms with Gasteiger partial charge in [-0.15, -0.1) is 0 Å². The van der Waals surface area contributed by atoms with Crippen molar-refractivity contribution >= 4 is 5.69 Å². The van der Waals surface area contributed by atoms with E-state index in [2.05, 4.69) is 9.97 Å². The zero-order valence-corrected chi connectivity index (χ0v) is 9.69. The standard InChI is InChI=1S/C14H12N4/c15-13-6-7-16-8-12(13)14-9-17-10-18(14)11-4-2-1-3-5-11/h1-10H,(H2,15,16). The van der Waals surface area contributed by atoms with Gasteiger partial charge in [0.05, 0.1) is 18.2 Å². The van der Waals surface area contributed by atoms with E-state index >= 15 is 0 Å². The third kappa shape index (κ3) is 1.73. The normalized spacial score (nSPS) is 10.4. The van der Waals surface area contributed by atoms with Crippen molar-refractivity contribution in [3.8, 4) is 16.9 Å². The van der Waals surface area contributed by atoms with Crippen molar-refractivity contribution in [3.05, 3.63) is 61.3 Å². The second-order valence-corrected chi connectivity index (χ2v) is 3.95. The molecule has 2 aromatic heterocycles. The second-order valence-electron chi connectivity index (χ2n) is 3.95. The topological polar surface area (TPSA) is 56.7 Å². The van der Waals surface area contributed by atoms with Crippen LogP contribution in [0.4, 0.5) is 5.69 Å². The van der Waals surface area contributed by atoms with Gasteiger partial charge in [-0.1, -0.05) is 18.2 Å². The zero-order chi connectivity index (χ0) is 12.4.